The second-order valence-electron chi connectivity index (χ2n) is 5.30. The third-order valence-electron chi connectivity index (χ3n) is 3.73. The minimum absolute atomic E-state index is 0.143. The SMILES string of the molecule is O=C(O)c1cc2nc(-c3ccc(-c4ccccc4)cc3)ncc2o1. The van der Waals surface area contributed by atoms with Gasteiger partial charge in [-0.1, -0.05) is 54.6 Å². The first-order valence-corrected chi connectivity index (χ1v) is 7.36. The van der Waals surface area contributed by atoms with E-state index in [1.165, 1.54) is 12.3 Å². The number of carbonyl (C=O) groups is 1. The summed E-state index contributed by atoms with van der Waals surface area (Å²) in [5.74, 6) is -0.738. The molecule has 0 fully saturated rings. The summed E-state index contributed by atoms with van der Waals surface area (Å²) in [6.45, 7) is 0. The lowest BCUT2D eigenvalue weighted by molar-refractivity contribution is 0.0665. The van der Waals surface area contributed by atoms with Crippen molar-refractivity contribution in [1.82, 2.24) is 9.97 Å². The maximum absolute atomic E-state index is 11.0. The number of aromatic nitrogens is 2. The zero-order chi connectivity index (χ0) is 16.5. The summed E-state index contributed by atoms with van der Waals surface area (Å²) in [5, 5.41) is 8.97. The average molecular weight is 316 g/mol. The van der Waals surface area contributed by atoms with E-state index in [0.717, 1.165) is 16.7 Å². The Kier molecular flexibility index (Phi) is 3.31. The topological polar surface area (TPSA) is 76.2 Å². The number of rotatable bonds is 3. The molecule has 2 heterocycles. The molecule has 0 saturated carbocycles. The zero-order valence-corrected chi connectivity index (χ0v) is 12.5. The van der Waals surface area contributed by atoms with E-state index in [4.69, 9.17) is 9.52 Å². The second-order valence-corrected chi connectivity index (χ2v) is 5.30. The minimum atomic E-state index is -1.12. The molecule has 0 spiro atoms. The van der Waals surface area contributed by atoms with Crippen LogP contribution in [0.5, 0.6) is 0 Å². The molecule has 116 valence electrons. The highest BCUT2D eigenvalue weighted by Crippen LogP contribution is 2.24. The Hall–Kier alpha value is -3.47. The van der Waals surface area contributed by atoms with E-state index < -0.39 is 5.97 Å². The van der Waals surface area contributed by atoms with E-state index in [-0.39, 0.29) is 5.76 Å². The zero-order valence-electron chi connectivity index (χ0n) is 12.5. The van der Waals surface area contributed by atoms with Crippen LogP contribution in [-0.2, 0) is 0 Å². The molecule has 24 heavy (non-hydrogen) atoms. The maximum atomic E-state index is 11.0. The summed E-state index contributed by atoms with van der Waals surface area (Å²) < 4.78 is 5.17. The molecule has 0 aliphatic rings. The first-order valence-electron chi connectivity index (χ1n) is 7.36. The number of fused-ring (bicyclic) bond motifs is 1. The molecule has 0 saturated heterocycles. The maximum Gasteiger partial charge on any atom is 0.371 e. The molecule has 0 atom stereocenters. The van der Waals surface area contributed by atoms with E-state index in [2.05, 4.69) is 22.1 Å². The molecule has 5 nitrogen and oxygen atoms in total. The van der Waals surface area contributed by atoms with E-state index in [1.807, 2.05) is 42.5 Å². The van der Waals surface area contributed by atoms with Gasteiger partial charge in [0.05, 0.1) is 6.20 Å². The van der Waals surface area contributed by atoms with Crippen LogP contribution in [-0.4, -0.2) is 21.0 Å². The molecule has 0 radical (unpaired) electrons. The predicted octanol–water partition coefficient (Wildman–Crippen LogP) is 4.26. The molecule has 5 heteroatoms. The van der Waals surface area contributed by atoms with Crippen molar-refractivity contribution in [3.8, 4) is 22.5 Å². The third-order valence-corrected chi connectivity index (χ3v) is 3.73. The van der Waals surface area contributed by atoms with Crippen molar-refractivity contribution in [2.24, 2.45) is 0 Å². The molecular weight excluding hydrogens is 304 g/mol. The summed E-state index contributed by atoms with van der Waals surface area (Å²) in [6, 6.07) is 19.4. The highest BCUT2D eigenvalue weighted by Gasteiger charge is 2.13. The van der Waals surface area contributed by atoms with Crippen LogP contribution >= 0.6 is 0 Å². The summed E-state index contributed by atoms with van der Waals surface area (Å²) >= 11 is 0. The van der Waals surface area contributed by atoms with Crippen molar-refractivity contribution in [3.05, 3.63) is 72.6 Å². The van der Waals surface area contributed by atoms with Crippen molar-refractivity contribution in [2.75, 3.05) is 0 Å². The van der Waals surface area contributed by atoms with Gasteiger partial charge < -0.3 is 9.52 Å². The highest BCUT2D eigenvalue weighted by molar-refractivity contribution is 5.90. The average Bonchev–Trinajstić information content (AvgIpc) is 3.06. The molecule has 4 rings (SSSR count). The van der Waals surface area contributed by atoms with Crippen molar-refractivity contribution in [3.63, 3.8) is 0 Å². The Morgan fingerprint density at radius 3 is 2.29 bits per heavy atom. The van der Waals surface area contributed by atoms with Gasteiger partial charge in [-0.05, 0) is 11.1 Å². The molecule has 0 bridgehead atoms. The first-order chi connectivity index (χ1) is 11.7. The fourth-order valence-corrected chi connectivity index (χ4v) is 2.52. The van der Waals surface area contributed by atoms with Gasteiger partial charge in [0.25, 0.3) is 0 Å². The Balaban J connectivity index is 1.70. The Bertz CT molecular complexity index is 1020. The van der Waals surface area contributed by atoms with Gasteiger partial charge in [0, 0.05) is 11.6 Å². The van der Waals surface area contributed by atoms with Crippen LogP contribution in [0.1, 0.15) is 10.6 Å². The first kappa shape index (κ1) is 14.1. The third kappa shape index (κ3) is 2.52. The van der Waals surface area contributed by atoms with Crippen LogP contribution in [0.4, 0.5) is 0 Å². The van der Waals surface area contributed by atoms with Crippen LogP contribution in [0.15, 0.2) is 71.3 Å². The van der Waals surface area contributed by atoms with Gasteiger partial charge in [-0.3, -0.25) is 0 Å². The van der Waals surface area contributed by atoms with Crippen LogP contribution in [0, 0.1) is 0 Å². The van der Waals surface area contributed by atoms with E-state index >= 15 is 0 Å². The molecule has 2 aromatic carbocycles. The van der Waals surface area contributed by atoms with Crippen LogP contribution in [0.3, 0.4) is 0 Å². The van der Waals surface area contributed by atoms with Gasteiger partial charge in [0.2, 0.25) is 5.76 Å². The predicted molar refractivity (Wildman–Crippen MR) is 89.6 cm³/mol. The van der Waals surface area contributed by atoms with Gasteiger partial charge in [0.15, 0.2) is 11.4 Å². The van der Waals surface area contributed by atoms with Crippen LogP contribution in [0.25, 0.3) is 33.6 Å². The minimum Gasteiger partial charge on any atom is -0.475 e. The van der Waals surface area contributed by atoms with Gasteiger partial charge in [-0.2, -0.15) is 0 Å². The van der Waals surface area contributed by atoms with Crippen molar-refractivity contribution in [1.29, 1.82) is 0 Å². The van der Waals surface area contributed by atoms with Crippen molar-refractivity contribution in [2.45, 2.75) is 0 Å². The molecule has 2 aromatic heterocycles. The molecule has 0 unspecified atom stereocenters. The van der Waals surface area contributed by atoms with Gasteiger partial charge in [-0.25, -0.2) is 14.8 Å². The number of carboxylic acid groups (broad SMARTS) is 1. The lowest BCUT2D eigenvalue weighted by Gasteiger charge is -2.03. The molecule has 0 aliphatic carbocycles. The number of hydrogen-bond acceptors (Lipinski definition) is 4. The van der Waals surface area contributed by atoms with E-state index in [9.17, 15) is 4.79 Å². The quantitative estimate of drug-likeness (QED) is 0.611. The Morgan fingerprint density at radius 1 is 0.917 bits per heavy atom. The van der Waals surface area contributed by atoms with Crippen LogP contribution in [0.2, 0.25) is 0 Å². The van der Waals surface area contributed by atoms with Gasteiger partial charge in [0.1, 0.15) is 5.52 Å². The summed E-state index contributed by atoms with van der Waals surface area (Å²) in [5.41, 5.74) is 3.94. The van der Waals surface area contributed by atoms with Gasteiger partial charge >= 0.3 is 5.97 Å². The van der Waals surface area contributed by atoms with Gasteiger partial charge in [-0.15, -0.1) is 0 Å². The summed E-state index contributed by atoms with van der Waals surface area (Å²) in [7, 11) is 0. The number of carboxylic acids is 1. The second kappa shape index (κ2) is 5.62. The van der Waals surface area contributed by atoms with E-state index in [1.54, 1.807) is 0 Å². The summed E-state index contributed by atoms with van der Waals surface area (Å²) in [6.07, 6.45) is 1.50. The van der Waals surface area contributed by atoms with Crippen LogP contribution < -0.4 is 0 Å². The molecule has 1 N–H and O–H groups in total. The monoisotopic (exact) mass is 316 g/mol. The number of benzene rings is 2. The normalized spacial score (nSPS) is 10.8. The van der Waals surface area contributed by atoms with Crippen molar-refractivity contribution >= 4 is 17.1 Å². The number of hydrogen-bond donors (Lipinski definition) is 1. The fourth-order valence-electron chi connectivity index (χ4n) is 2.52. The highest BCUT2D eigenvalue weighted by atomic mass is 16.4. The number of nitrogens with zero attached hydrogens (tertiary/aromatic N) is 2. The molecule has 4 aromatic rings. The number of furan rings is 1. The van der Waals surface area contributed by atoms with Crippen molar-refractivity contribution < 1.29 is 14.3 Å². The standard InChI is InChI=1S/C19H12N2O3/c22-19(23)16-10-15-17(24-16)11-20-18(21-15)14-8-6-13(7-9-14)12-4-2-1-3-5-12/h1-11H,(H,22,23). The molecule has 0 amide bonds. The Morgan fingerprint density at radius 2 is 1.58 bits per heavy atom. The molecular formula is C19H12N2O3. The number of aromatic carboxylic acids is 1. The smallest absolute Gasteiger partial charge is 0.371 e. The van der Waals surface area contributed by atoms with E-state index in [0.29, 0.717) is 16.9 Å². The largest absolute Gasteiger partial charge is 0.475 e. The lowest BCUT2D eigenvalue weighted by Crippen LogP contribution is -1.91. The molecule has 0 aliphatic heterocycles. The summed E-state index contributed by atoms with van der Waals surface area (Å²) in [4.78, 5) is 19.6. The Labute approximate surface area is 137 Å². The fraction of sp³-hybridized carbons (Fsp3) is 0. The lowest BCUT2D eigenvalue weighted by atomic mass is 10.0.